The normalized spacial score (nSPS) is 14.4. The van der Waals surface area contributed by atoms with Crippen LogP contribution >= 0.6 is 15.9 Å². The number of halogens is 1. The van der Waals surface area contributed by atoms with E-state index < -0.39 is 10.7 Å². The van der Waals surface area contributed by atoms with Crippen LogP contribution in [-0.2, 0) is 4.74 Å². The summed E-state index contributed by atoms with van der Waals surface area (Å²) in [7, 11) is 0. The zero-order valence-electron chi connectivity index (χ0n) is 8.01. The number of aliphatic imine (C=N–C) groups is 1. The van der Waals surface area contributed by atoms with E-state index in [1.54, 1.807) is 0 Å². The van der Waals surface area contributed by atoms with Crippen molar-refractivity contribution in [3.8, 4) is 5.75 Å². The van der Waals surface area contributed by atoms with E-state index in [-0.39, 0.29) is 10.2 Å². The number of phenolic OH excluding ortho intramolecular Hbond substituents is 1. The number of rotatable bonds is 2. The molecule has 16 heavy (non-hydrogen) atoms. The van der Waals surface area contributed by atoms with E-state index >= 15 is 0 Å². The van der Waals surface area contributed by atoms with Crippen molar-refractivity contribution in [1.82, 2.24) is 0 Å². The topological polar surface area (TPSA) is 85.0 Å². The molecule has 1 aliphatic heterocycles. The Bertz CT molecular complexity index is 487. The van der Waals surface area contributed by atoms with Gasteiger partial charge in [0, 0.05) is 11.6 Å². The van der Waals surface area contributed by atoms with Crippen LogP contribution in [-0.4, -0.2) is 29.1 Å². The van der Waals surface area contributed by atoms with Crippen LogP contribution in [0.3, 0.4) is 0 Å². The molecule has 0 spiro atoms. The average Bonchev–Trinajstić information content (AvgIpc) is 2.74. The molecule has 6 nitrogen and oxygen atoms in total. The lowest BCUT2D eigenvalue weighted by Gasteiger charge is -2.04. The molecule has 1 aromatic rings. The summed E-state index contributed by atoms with van der Waals surface area (Å²) < 4.78 is 5.44. The van der Waals surface area contributed by atoms with Gasteiger partial charge >= 0.3 is 5.69 Å². The quantitative estimate of drug-likeness (QED) is 0.664. The molecular weight excluding hydrogens is 280 g/mol. The summed E-state index contributed by atoms with van der Waals surface area (Å²) in [5.41, 5.74) is 0.108. The Kier molecular flexibility index (Phi) is 2.78. The maximum atomic E-state index is 10.7. The summed E-state index contributed by atoms with van der Waals surface area (Å²) in [6, 6.07) is 2.77. The highest BCUT2D eigenvalue weighted by Crippen LogP contribution is 2.35. The molecule has 0 radical (unpaired) electrons. The molecule has 1 aliphatic rings. The van der Waals surface area contributed by atoms with Crippen molar-refractivity contribution in [2.75, 3.05) is 13.2 Å². The van der Waals surface area contributed by atoms with Crippen LogP contribution < -0.4 is 0 Å². The van der Waals surface area contributed by atoms with Crippen molar-refractivity contribution in [3.63, 3.8) is 0 Å². The summed E-state index contributed by atoms with van der Waals surface area (Å²) in [5, 5.41) is 20.2. The second-order valence-corrected chi connectivity index (χ2v) is 3.97. The Balaban J connectivity index is 2.52. The third kappa shape index (κ3) is 1.85. The largest absolute Gasteiger partial charge is 0.501 e. The van der Waals surface area contributed by atoms with E-state index in [1.165, 1.54) is 12.1 Å². The van der Waals surface area contributed by atoms with Gasteiger partial charge in [0.2, 0.25) is 11.6 Å². The molecule has 1 heterocycles. The molecule has 1 N–H and O–H groups in total. The van der Waals surface area contributed by atoms with Gasteiger partial charge < -0.3 is 9.84 Å². The van der Waals surface area contributed by atoms with Crippen molar-refractivity contribution in [2.24, 2.45) is 4.99 Å². The predicted molar refractivity (Wildman–Crippen MR) is 59.8 cm³/mol. The van der Waals surface area contributed by atoms with Gasteiger partial charge in [-0.25, -0.2) is 4.99 Å². The van der Waals surface area contributed by atoms with E-state index in [4.69, 9.17) is 4.74 Å². The van der Waals surface area contributed by atoms with Gasteiger partial charge in [0.05, 0.1) is 15.9 Å². The van der Waals surface area contributed by atoms with Crippen LogP contribution in [0.15, 0.2) is 21.6 Å². The SMILES string of the molecule is O=[N+]([O-])c1cc(C2=NCCO2)cc(Br)c1O. The van der Waals surface area contributed by atoms with Crippen molar-refractivity contribution in [1.29, 1.82) is 0 Å². The zero-order valence-corrected chi connectivity index (χ0v) is 9.60. The van der Waals surface area contributed by atoms with E-state index in [9.17, 15) is 15.2 Å². The molecule has 0 aliphatic carbocycles. The van der Waals surface area contributed by atoms with E-state index in [1.807, 2.05) is 0 Å². The second kappa shape index (κ2) is 4.09. The summed E-state index contributed by atoms with van der Waals surface area (Å²) >= 11 is 3.05. The van der Waals surface area contributed by atoms with Crippen LogP contribution in [0.25, 0.3) is 0 Å². The fourth-order valence-corrected chi connectivity index (χ4v) is 1.81. The van der Waals surface area contributed by atoms with E-state index in [2.05, 4.69) is 20.9 Å². The number of hydrogen-bond donors (Lipinski definition) is 1. The fourth-order valence-electron chi connectivity index (χ4n) is 1.36. The molecular formula is C9H7BrN2O4. The van der Waals surface area contributed by atoms with Gasteiger partial charge in [-0.3, -0.25) is 10.1 Å². The Morgan fingerprint density at radius 1 is 1.56 bits per heavy atom. The molecule has 84 valence electrons. The van der Waals surface area contributed by atoms with Gasteiger partial charge in [-0.05, 0) is 22.0 Å². The maximum absolute atomic E-state index is 10.7. The average molecular weight is 287 g/mol. The van der Waals surface area contributed by atoms with Gasteiger partial charge in [-0.2, -0.15) is 0 Å². The van der Waals surface area contributed by atoms with E-state index in [0.29, 0.717) is 24.6 Å². The number of hydrogen-bond acceptors (Lipinski definition) is 5. The zero-order chi connectivity index (χ0) is 11.7. The van der Waals surface area contributed by atoms with Crippen LogP contribution in [0.5, 0.6) is 5.75 Å². The lowest BCUT2D eigenvalue weighted by atomic mass is 10.2. The Labute approximate surface area is 98.8 Å². The molecule has 0 atom stereocenters. The van der Waals surface area contributed by atoms with Gasteiger partial charge in [0.15, 0.2) is 0 Å². The third-order valence-electron chi connectivity index (χ3n) is 2.07. The van der Waals surface area contributed by atoms with E-state index in [0.717, 1.165) is 0 Å². The minimum atomic E-state index is -0.654. The third-order valence-corrected chi connectivity index (χ3v) is 2.68. The molecule has 0 amide bonds. The molecule has 1 aromatic carbocycles. The molecule has 0 aromatic heterocycles. The first-order chi connectivity index (χ1) is 7.59. The van der Waals surface area contributed by atoms with Crippen LogP contribution in [0, 0.1) is 10.1 Å². The van der Waals surface area contributed by atoms with Gasteiger partial charge in [0.1, 0.15) is 6.61 Å². The minimum absolute atomic E-state index is 0.245. The molecule has 0 saturated heterocycles. The van der Waals surface area contributed by atoms with Crippen LogP contribution in [0.4, 0.5) is 5.69 Å². The number of ether oxygens (including phenoxy) is 1. The monoisotopic (exact) mass is 286 g/mol. The van der Waals surface area contributed by atoms with Crippen LogP contribution in [0.2, 0.25) is 0 Å². The van der Waals surface area contributed by atoms with Crippen molar-refractivity contribution >= 4 is 27.5 Å². The number of nitro benzene ring substituents is 1. The molecule has 0 saturated carbocycles. The minimum Gasteiger partial charge on any atom is -0.501 e. The van der Waals surface area contributed by atoms with Gasteiger partial charge in [0.25, 0.3) is 0 Å². The Hall–Kier alpha value is -1.63. The Morgan fingerprint density at radius 2 is 2.31 bits per heavy atom. The van der Waals surface area contributed by atoms with Gasteiger partial charge in [-0.15, -0.1) is 0 Å². The molecule has 0 bridgehead atoms. The standard InChI is InChI=1S/C9H7BrN2O4/c10-6-3-5(9-11-1-2-16-9)4-7(8(6)13)12(14)15/h3-4,13H,1-2H2. The molecule has 0 fully saturated rings. The molecule has 0 unspecified atom stereocenters. The summed E-state index contributed by atoms with van der Waals surface area (Å²) in [4.78, 5) is 14.1. The molecule has 2 rings (SSSR count). The summed E-state index contributed by atoms with van der Waals surface area (Å²) in [5.74, 6) is -0.0313. The molecule has 7 heteroatoms. The van der Waals surface area contributed by atoms with Gasteiger partial charge in [-0.1, -0.05) is 0 Å². The number of phenols is 1. The maximum Gasteiger partial charge on any atom is 0.312 e. The lowest BCUT2D eigenvalue weighted by Crippen LogP contribution is -2.02. The number of aromatic hydroxyl groups is 1. The number of benzene rings is 1. The number of nitro groups is 1. The smallest absolute Gasteiger partial charge is 0.312 e. The fraction of sp³-hybridized carbons (Fsp3) is 0.222. The van der Waals surface area contributed by atoms with Crippen molar-refractivity contribution in [2.45, 2.75) is 0 Å². The highest BCUT2D eigenvalue weighted by atomic mass is 79.9. The first-order valence-electron chi connectivity index (χ1n) is 4.44. The highest BCUT2D eigenvalue weighted by Gasteiger charge is 2.21. The number of nitrogens with zero attached hydrogens (tertiary/aromatic N) is 2. The van der Waals surface area contributed by atoms with Crippen LogP contribution in [0.1, 0.15) is 5.56 Å². The Morgan fingerprint density at radius 3 is 2.88 bits per heavy atom. The highest BCUT2D eigenvalue weighted by molar-refractivity contribution is 9.10. The summed E-state index contributed by atoms with van der Waals surface area (Å²) in [6.07, 6.45) is 0. The van der Waals surface area contributed by atoms with Crippen molar-refractivity contribution < 1.29 is 14.8 Å². The first kappa shape index (κ1) is 10.9. The second-order valence-electron chi connectivity index (χ2n) is 3.12. The van der Waals surface area contributed by atoms with Crippen molar-refractivity contribution in [3.05, 3.63) is 32.3 Å². The predicted octanol–water partition coefficient (Wildman–Crippen LogP) is 1.84. The summed E-state index contributed by atoms with van der Waals surface area (Å²) in [6.45, 7) is 1.02. The lowest BCUT2D eigenvalue weighted by molar-refractivity contribution is -0.386. The first-order valence-corrected chi connectivity index (χ1v) is 5.23.